The molecule has 26 heavy (non-hydrogen) atoms. The summed E-state index contributed by atoms with van der Waals surface area (Å²) >= 11 is 7.08. The van der Waals surface area contributed by atoms with Crippen molar-refractivity contribution in [3.8, 4) is 11.1 Å². The molecule has 0 radical (unpaired) electrons. The summed E-state index contributed by atoms with van der Waals surface area (Å²) in [6, 6.07) is 6.73. The normalized spacial score (nSPS) is 11.7. The van der Waals surface area contributed by atoms with Gasteiger partial charge in [-0.2, -0.15) is 0 Å². The van der Waals surface area contributed by atoms with Gasteiger partial charge in [-0.05, 0) is 31.0 Å². The van der Waals surface area contributed by atoms with Crippen LogP contribution in [0.25, 0.3) is 11.1 Å². The quantitative estimate of drug-likeness (QED) is 0.532. The standard InChI is InChI=1S/C17H20ClN5O2S/c1-4-12-13(10-5-7-11(18)8-6-10)14(19)22-17(21-12)26-9(2)15(24)23-16(25)20-3/h5-9H,4H2,1-3H3,(H2,19,21,22)(H2,20,23,24,25). The maximum absolute atomic E-state index is 12.0. The molecule has 0 saturated carbocycles. The van der Waals surface area contributed by atoms with E-state index in [9.17, 15) is 9.59 Å². The number of aryl methyl sites for hydroxylation is 1. The average molecular weight is 394 g/mol. The molecule has 9 heteroatoms. The van der Waals surface area contributed by atoms with Crippen molar-refractivity contribution >= 4 is 41.1 Å². The number of thioether (sulfide) groups is 1. The Hall–Kier alpha value is -2.32. The second-order valence-electron chi connectivity index (χ2n) is 5.40. The summed E-state index contributed by atoms with van der Waals surface area (Å²) in [5.41, 5.74) is 8.58. The molecule has 1 atom stereocenters. The van der Waals surface area contributed by atoms with Crippen molar-refractivity contribution in [3.05, 3.63) is 35.0 Å². The number of aromatic nitrogens is 2. The lowest BCUT2D eigenvalue weighted by atomic mass is 10.0. The molecule has 0 bridgehead atoms. The number of amides is 3. The van der Waals surface area contributed by atoms with Gasteiger partial charge in [-0.25, -0.2) is 14.8 Å². The van der Waals surface area contributed by atoms with Gasteiger partial charge in [0, 0.05) is 17.6 Å². The van der Waals surface area contributed by atoms with Gasteiger partial charge in [-0.15, -0.1) is 0 Å². The molecule has 3 amide bonds. The van der Waals surface area contributed by atoms with Crippen LogP contribution in [0.5, 0.6) is 0 Å². The van der Waals surface area contributed by atoms with Gasteiger partial charge in [0.2, 0.25) is 5.91 Å². The van der Waals surface area contributed by atoms with Gasteiger partial charge in [-0.3, -0.25) is 10.1 Å². The van der Waals surface area contributed by atoms with Crippen LogP contribution in [0.3, 0.4) is 0 Å². The summed E-state index contributed by atoms with van der Waals surface area (Å²) in [6.07, 6.45) is 0.650. The van der Waals surface area contributed by atoms with E-state index in [1.54, 1.807) is 19.1 Å². The van der Waals surface area contributed by atoms with Crippen molar-refractivity contribution in [3.63, 3.8) is 0 Å². The van der Waals surface area contributed by atoms with Crippen LogP contribution in [0.2, 0.25) is 5.02 Å². The first-order valence-corrected chi connectivity index (χ1v) is 9.23. The predicted molar refractivity (Wildman–Crippen MR) is 104 cm³/mol. The fraction of sp³-hybridized carbons (Fsp3) is 0.294. The summed E-state index contributed by atoms with van der Waals surface area (Å²) in [4.78, 5) is 32.1. The third-order valence-corrected chi connectivity index (χ3v) is 4.79. The number of nitrogen functional groups attached to an aromatic ring is 1. The molecule has 1 heterocycles. The van der Waals surface area contributed by atoms with Crippen LogP contribution in [0.4, 0.5) is 10.6 Å². The number of urea groups is 1. The summed E-state index contributed by atoms with van der Waals surface area (Å²) in [7, 11) is 1.44. The number of carbonyl (C=O) groups is 2. The third kappa shape index (κ3) is 4.86. The van der Waals surface area contributed by atoms with Crippen molar-refractivity contribution in [2.24, 2.45) is 0 Å². The summed E-state index contributed by atoms with van der Waals surface area (Å²) in [6.45, 7) is 3.64. The van der Waals surface area contributed by atoms with E-state index in [1.165, 1.54) is 7.05 Å². The predicted octanol–water partition coefficient (Wildman–Crippen LogP) is 2.88. The van der Waals surface area contributed by atoms with Crippen molar-refractivity contribution in [1.82, 2.24) is 20.6 Å². The van der Waals surface area contributed by atoms with Gasteiger partial charge in [0.25, 0.3) is 0 Å². The van der Waals surface area contributed by atoms with E-state index in [0.29, 0.717) is 22.4 Å². The molecular weight excluding hydrogens is 374 g/mol. The van der Waals surface area contributed by atoms with Crippen molar-refractivity contribution in [2.75, 3.05) is 12.8 Å². The molecule has 7 nitrogen and oxygen atoms in total. The molecule has 0 aliphatic heterocycles. The van der Waals surface area contributed by atoms with Gasteiger partial charge in [0.05, 0.1) is 10.9 Å². The molecule has 0 aliphatic carbocycles. The van der Waals surface area contributed by atoms with E-state index in [-0.39, 0.29) is 0 Å². The molecule has 1 aromatic carbocycles. The van der Waals surface area contributed by atoms with Crippen molar-refractivity contribution < 1.29 is 9.59 Å². The van der Waals surface area contributed by atoms with E-state index in [2.05, 4.69) is 20.6 Å². The van der Waals surface area contributed by atoms with Crippen LogP contribution < -0.4 is 16.4 Å². The Morgan fingerprint density at radius 1 is 1.27 bits per heavy atom. The highest BCUT2D eigenvalue weighted by molar-refractivity contribution is 8.00. The largest absolute Gasteiger partial charge is 0.383 e. The first-order valence-electron chi connectivity index (χ1n) is 7.97. The number of carbonyl (C=O) groups excluding carboxylic acids is 2. The van der Waals surface area contributed by atoms with Gasteiger partial charge < -0.3 is 11.1 Å². The number of nitrogens with two attached hydrogens (primary N) is 1. The zero-order valence-corrected chi connectivity index (χ0v) is 16.2. The monoisotopic (exact) mass is 393 g/mol. The lowest BCUT2D eigenvalue weighted by Gasteiger charge is -2.14. The highest BCUT2D eigenvalue weighted by Gasteiger charge is 2.20. The number of imide groups is 1. The van der Waals surface area contributed by atoms with Gasteiger partial charge in [0.1, 0.15) is 5.82 Å². The topological polar surface area (TPSA) is 110 Å². The maximum Gasteiger partial charge on any atom is 0.321 e. The smallest absolute Gasteiger partial charge is 0.321 e. The van der Waals surface area contributed by atoms with E-state index in [0.717, 1.165) is 28.6 Å². The molecule has 138 valence electrons. The highest BCUT2D eigenvalue weighted by Crippen LogP contribution is 2.31. The van der Waals surface area contributed by atoms with Crippen LogP contribution >= 0.6 is 23.4 Å². The fourth-order valence-corrected chi connectivity index (χ4v) is 3.15. The number of hydrogen-bond acceptors (Lipinski definition) is 6. The van der Waals surface area contributed by atoms with Crippen molar-refractivity contribution in [2.45, 2.75) is 30.7 Å². The Bertz CT molecular complexity index is 814. The minimum absolute atomic E-state index is 0.334. The maximum atomic E-state index is 12.0. The third-order valence-electron chi connectivity index (χ3n) is 3.57. The molecule has 2 rings (SSSR count). The van der Waals surface area contributed by atoms with E-state index >= 15 is 0 Å². The minimum Gasteiger partial charge on any atom is -0.383 e. The van der Waals surface area contributed by atoms with Gasteiger partial charge in [0.15, 0.2) is 5.16 Å². The Balaban J connectivity index is 2.27. The molecule has 1 aromatic heterocycles. The average Bonchev–Trinajstić information content (AvgIpc) is 2.62. The van der Waals surface area contributed by atoms with E-state index in [1.807, 2.05) is 19.1 Å². The molecule has 4 N–H and O–H groups in total. The molecular formula is C17H20ClN5O2S. The molecule has 0 aliphatic rings. The first kappa shape index (κ1) is 20.0. The van der Waals surface area contributed by atoms with Gasteiger partial charge >= 0.3 is 6.03 Å². The Morgan fingerprint density at radius 2 is 1.92 bits per heavy atom. The molecule has 0 fully saturated rings. The number of nitrogens with zero attached hydrogens (tertiary/aromatic N) is 2. The molecule has 1 unspecified atom stereocenters. The molecule has 0 saturated heterocycles. The highest BCUT2D eigenvalue weighted by atomic mass is 35.5. The lowest BCUT2D eigenvalue weighted by Crippen LogP contribution is -2.41. The van der Waals surface area contributed by atoms with Crippen LogP contribution in [-0.4, -0.2) is 34.2 Å². The van der Waals surface area contributed by atoms with E-state index < -0.39 is 17.2 Å². The summed E-state index contributed by atoms with van der Waals surface area (Å²) in [5.74, 6) is -0.100. The Kier molecular flexibility index (Phi) is 6.82. The van der Waals surface area contributed by atoms with Crippen LogP contribution in [0.15, 0.2) is 29.4 Å². The zero-order chi connectivity index (χ0) is 19.3. The lowest BCUT2D eigenvalue weighted by molar-refractivity contribution is -0.119. The van der Waals surface area contributed by atoms with Gasteiger partial charge in [-0.1, -0.05) is 42.4 Å². The fourth-order valence-electron chi connectivity index (χ4n) is 2.23. The number of nitrogens with one attached hydrogen (secondary N) is 2. The SMILES string of the molecule is CCc1nc(SC(C)C(=O)NC(=O)NC)nc(N)c1-c1ccc(Cl)cc1. The number of benzene rings is 1. The first-order chi connectivity index (χ1) is 12.3. The van der Waals surface area contributed by atoms with Crippen LogP contribution in [0.1, 0.15) is 19.5 Å². The second kappa shape index (κ2) is 8.86. The van der Waals surface area contributed by atoms with Crippen LogP contribution in [0, 0.1) is 0 Å². The molecule has 2 aromatic rings. The molecule has 0 spiro atoms. The van der Waals surface area contributed by atoms with Crippen LogP contribution in [-0.2, 0) is 11.2 Å². The minimum atomic E-state index is -0.560. The number of hydrogen-bond donors (Lipinski definition) is 3. The Labute approximate surface area is 161 Å². The number of rotatable bonds is 5. The zero-order valence-electron chi connectivity index (χ0n) is 14.7. The summed E-state index contributed by atoms with van der Waals surface area (Å²) in [5, 5.41) is 5.02. The van der Waals surface area contributed by atoms with Crippen molar-refractivity contribution in [1.29, 1.82) is 0 Å². The van der Waals surface area contributed by atoms with E-state index in [4.69, 9.17) is 17.3 Å². The summed E-state index contributed by atoms with van der Waals surface area (Å²) < 4.78 is 0. The number of anilines is 1. The number of halogens is 1. The Morgan fingerprint density at radius 3 is 2.50 bits per heavy atom. The second-order valence-corrected chi connectivity index (χ2v) is 7.15.